The number of sulfone groups is 1. The molecule has 0 aromatic carbocycles. The zero-order chi connectivity index (χ0) is 24.7. The summed E-state index contributed by atoms with van der Waals surface area (Å²) in [5.41, 5.74) is 5.26. The van der Waals surface area contributed by atoms with Crippen molar-refractivity contribution in [1.82, 2.24) is 15.0 Å². The Kier molecular flexibility index (Phi) is 6.22. The first-order chi connectivity index (χ1) is 16.0. The molecule has 34 heavy (non-hydrogen) atoms. The van der Waals surface area contributed by atoms with Crippen LogP contribution >= 0.6 is 11.6 Å². The largest absolute Gasteiger partial charge is 0.365 e. The molecule has 1 aliphatic heterocycles. The number of anilines is 3. The van der Waals surface area contributed by atoms with Crippen LogP contribution in [0, 0.1) is 5.92 Å². The van der Waals surface area contributed by atoms with E-state index < -0.39 is 15.7 Å². The highest BCUT2D eigenvalue weighted by Crippen LogP contribution is 2.39. The van der Waals surface area contributed by atoms with E-state index in [1.54, 1.807) is 24.3 Å². The standard InChI is InChI=1S/C23H25ClN6O3S/c1-14-11-23(2,3)30(13-14)22-20(21(25)31)16(9-10-26-22)34(32,33)19-6-4-5-18(29-19)28-17-8-7-15(24)12-27-17/h4-10,12,14H,11,13H2,1-3H3,(H2,25,31)(H,27,28,29). The first-order valence-electron chi connectivity index (χ1n) is 10.7. The lowest BCUT2D eigenvalue weighted by Crippen LogP contribution is -2.40. The summed E-state index contributed by atoms with van der Waals surface area (Å²) in [6, 6.07) is 9.10. The maximum atomic E-state index is 13.6. The molecule has 3 aromatic heterocycles. The third-order valence-electron chi connectivity index (χ3n) is 5.74. The highest BCUT2D eigenvalue weighted by atomic mass is 35.5. The number of amides is 1. The number of hydrogen-bond acceptors (Lipinski definition) is 8. The monoisotopic (exact) mass is 500 g/mol. The highest BCUT2D eigenvalue weighted by molar-refractivity contribution is 7.91. The number of aromatic nitrogens is 3. The van der Waals surface area contributed by atoms with Crippen molar-refractivity contribution in [2.24, 2.45) is 11.7 Å². The van der Waals surface area contributed by atoms with Crippen molar-refractivity contribution in [3.63, 3.8) is 0 Å². The van der Waals surface area contributed by atoms with E-state index in [2.05, 4.69) is 27.2 Å². The Morgan fingerprint density at radius 3 is 2.56 bits per heavy atom. The van der Waals surface area contributed by atoms with Gasteiger partial charge in [-0.15, -0.1) is 0 Å². The van der Waals surface area contributed by atoms with E-state index in [4.69, 9.17) is 17.3 Å². The van der Waals surface area contributed by atoms with Gasteiger partial charge in [-0.1, -0.05) is 24.6 Å². The van der Waals surface area contributed by atoms with Crippen molar-refractivity contribution in [3.05, 3.63) is 59.4 Å². The maximum Gasteiger partial charge on any atom is 0.253 e. The van der Waals surface area contributed by atoms with Gasteiger partial charge in [-0.3, -0.25) is 4.79 Å². The minimum atomic E-state index is -4.20. The molecule has 178 valence electrons. The number of carbonyl (C=O) groups is 1. The fourth-order valence-electron chi connectivity index (χ4n) is 4.38. The van der Waals surface area contributed by atoms with Crippen molar-refractivity contribution in [1.29, 1.82) is 0 Å². The lowest BCUT2D eigenvalue weighted by Gasteiger charge is -2.33. The molecule has 0 radical (unpaired) electrons. The van der Waals surface area contributed by atoms with Crippen LogP contribution in [0.25, 0.3) is 0 Å². The Morgan fingerprint density at radius 1 is 1.18 bits per heavy atom. The molecule has 3 N–H and O–H groups in total. The average molecular weight is 501 g/mol. The topological polar surface area (TPSA) is 131 Å². The number of nitrogens with zero attached hydrogens (tertiary/aromatic N) is 4. The predicted molar refractivity (Wildman–Crippen MR) is 130 cm³/mol. The average Bonchev–Trinajstić information content (AvgIpc) is 3.06. The van der Waals surface area contributed by atoms with Gasteiger partial charge in [-0.05, 0) is 56.5 Å². The molecule has 1 aliphatic rings. The molecule has 3 aromatic rings. The van der Waals surface area contributed by atoms with E-state index in [-0.39, 0.29) is 32.7 Å². The maximum absolute atomic E-state index is 13.6. The molecule has 0 bridgehead atoms. The summed E-state index contributed by atoms with van der Waals surface area (Å²) in [4.78, 5) is 27.0. The van der Waals surface area contributed by atoms with E-state index in [0.29, 0.717) is 23.3 Å². The number of halogens is 1. The third kappa shape index (κ3) is 4.55. The van der Waals surface area contributed by atoms with Crippen LogP contribution in [0.5, 0.6) is 0 Å². The molecule has 1 saturated heterocycles. The zero-order valence-corrected chi connectivity index (χ0v) is 20.6. The SMILES string of the molecule is CC1CN(c2nccc(S(=O)(=O)c3cccc(Nc4ccc(Cl)cn4)n3)c2C(N)=O)C(C)(C)C1. The molecule has 0 saturated carbocycles. The molecule has 9 nitrogen and oxygen atoms in total. The van der Waals surface area contributed by atoms with Crippen LogP contribution in [0.2, 0.25) is 5.02 Å². The number of nitrogens with two attached hydrogens (primary N) is 1. The van der Waals surface area contributed by atoms with Crippen molar-refractivity contribution in [3.8, 4) is 0 Å². The lowest BCUT2D eigenvalue weighted by molar-refractivity contribution is 0.0997. The van der Waals surface area contributed by atoms with Gasteiger partial charge in [0.05, 0.1) is 9.92 Å². The smallest absolute Gasteiger partial charge is 0.253 e. The molecule has 1 fully saturated rings. The zero-order valence-electron chi connectivity index (χ0n) is 19.0. The van der Waals surface area contributed by atoms with Crippen molar-refractivity contribution in [2.45, 2.75) is 42.7 Å². The second-order valence-electron chi connectivity index (χ2n) is 8.96. The molecule has 1 atom stereocenters. The fraction of sp³-hybridized carbons (Fsp3) is 0.304. The second-order valence-corrected chi connectivity index (χ2v) is 11.3. The predicted octanol–water partition coefficient (Wildman–Crippen LogP) is 3.83. The summed E-state index contributed by atoms with van der Waals surface area (Å²) in [6.07, 6.45) is 3.72. The number of nitrogens with one attached hydrogen (secondary N) is 1. The van der Waals surface area contributed by atoms with Crippen LogP contribution in [0.4, 0.5) is 17.5 Å². The van der Waals surface area contributed by atoms with E-state index in [9.17, 15) is 13.2 Å². The van der Waals surface area contributed by atoms with Crippen molar-refractivity contribution < 1.29 is 13.2 Å². The minimum absolute atomic E-state index is 0.135. The van der Waals surface area contributed by atoms with Gasteiger partial charge >= 0.3 is 0 Å². The summed E-state index contributed by atoms with van der Waals surface area (Å²) < 4.78 is 27.2. The normalized spacial score (nSPS) is 17.5. The summed E-state index contributed by atoms with van der Waals surface area (Å²) >= 11 is 5.86. The minimum Gasteiger partial charge on any atom is -0.365 e. The van der Waals surface area contributed by atoms with Gasteiger partial charge < -0.3 is 16.0 Å². The second kappa shape index (κ2) is 8.84. The Morgan fingerprint density at radius 2 is 1.94 bits per heavy atom. The summed E-state index contributed by atoms with van der Waals surface area (Å²) in [5.74, 6) is 0.462. The number of carbonyl (C=O) groups excluding carboxylic acids is 1. The summed E-state index contributed by atoms with van der Waals surface area (Å²) in [7, 11) is -4.20. The van der Waals surface area contributed by atoms with Gasteiger partial charge in [-0.2, -0.15) is 0 Å². The number of rotatable bonds is 6. The van der Waals surface area contributed by atoms with E-state index in [0.717, 1.165) is 6.42 Å². The molecule has 1 unspecified atom stereocenters. The molecule has 4 rings (SSSR count). The number of primary amides is 1. The molecule has 1 amide bonds. The number of pyridine rings is 3. The van der Waals surface area contributed by atoms with Crippen molar-refractivity contribution >= 4 is 44.8 Å². The molecule has 0 spiro atoms. The van der Waals surface area contributed by atoms with E-state index >= 15 is 0 Å². The van der Waals surface area contributed by atoms with Gasteiger partial charge in [-0.25, -0.2) is 23.4 Å². The molecular weight excluding hydrogens is 476 g/mol. The van der Waals surface area contributed by atoms with Crippen molar-refractivity contribution in [2.75, 3.05) is 16.8 Å². The summed E-state index contributed by atoms with van der Waals surface area (Å²) in [5, 5.41) is 3.18. The summed E-state index contributed by atoms with van der Waals surface area (Å²) in [6.45, 7) is 6.80. The fourth-order valence-corrected chi connectivity index (χ4v) is 5.90. The van der Waals surface area contributed by atoms with Crippen LogP contribution in [-0.2, 0) is 9.84 Å². The first kappa shape index (κ1) is 23.9. The molecule has 4 heterocycles. The van der Waals surface area contributed by atoms with Gasteiger partial charge in [0.15, 0.2) is 5.03 Å². The Balaban J connectivity index is 1.77. The van der Waals surface area contributed by atoms with Crippen LogP contribution in [0.15, 0.2) is 58.7 Å². The molecule has 11 heteroatoms. The Labute approximate surface area is 203 Å². The third-order valence-corrected chi connectivity index (χ3v) is 7.66. The van der Waals surface area contributed by atoms with Crippen LogP contribution in [-0.4, -0.2) is 41.4 Å². The van der Waals surface area contributed by atoms with Gasteiger partial charge in [0, 0.05) is 24.5 Å². The van der Waals surface area contributed by atoms with E-state index in [1.165, 1.54) is 24.5 Å². The molecule has 0 aliphatic carbocycles. The quantitative estimate of drug-likeness (QED) is 0.522. The van der Waals surface area contributed by atoms with Gasteiger partial charge in [0.25, 0.3) is 5.91 Å². The lowest BCUT2D eigenvalue weighted by atomic mass is 9.97. The van der Waals surface area contributed by atoms with Gasteiger partial charge in [0.2, 0.25) is 9.84 Å². The highest BCUT2D eigenvalue weighted by Gasteiger charge is 2.40. The number of hydrogen-bond donors (Lipinski definition) is 2. The molecular formula is C23H25ClN6O3S. The van der Waals surface area contributed by atoms with E-state index in [1.807, 2.05) is 18.7 Å². The Bertz CT molecular complexity index is 1350. The van der Waals surface area contributed by atoms with Crippen LogP contribution < -0.4 is 16.0 Å². The Hall–Kier alpha value is -3.24. The van der Waals surface area contributed by atoms with Crippen LogP contribution in [0.1, 0.15) is 37.6 Å². The van der Waals surface area contributed by atoms with Crippen LogP contribution in [0.3, 0.4) is 0 Å². The van der Waals surface area contributed by atoms with Gasteiger partial charge in [0.1, 0.15) is 23.0 Å². The first-order valence-corrected chi connectivity index (χ1v) is 12.5.